The molecule has 0 radical (unpaired) electrons. The van der Waals surface area contributed by atoms with Crippen LogP contribution in [0.5, 0.6) is 0 Å². The van der Waals surface area contributed by atoms with Gasteiger partial charge in [0.2, 0.25) is 0 Å². The number of ether oxygens (including phenoxy) is 2. The van der Waals surface area contributed by atoms with E-state index in [-0.39, 0.29) is 41.9 Å². The first-order valence-electron chi connectivity index (χ1n) is 8.58. The Bertz CT molecular complexity index is 521. The Kier molecular flexibility index (Phi) is 3.19. The van der Waals surface area contributed by atoms with Gasteiger partial charge in [-0.05, 0) is 32.7 Å². The third-order valence-electron chi connectivity index (χ3n) is 6.22. The van der Waals surface area contributed by atoms with E-state index >= 15 is 0 Å². The summed E-state index contributed by atoms with van der Waals surface area (Å²) in [5.41, 5.74) is -0.138. The van der Waals surface area contributed by atoms with Gasteiger partial charge in [0.15, 0.2) is 5.79 Å². The average molecular weight is 307 g/mol. The maximum absolute atomic E-state index is 12.0. The Hall–Kier alpha value is -0.910. The number of allylic oxidation sites excluding steroid dienone is 1. The van der Waals surface area contributed by atoms with Crippen LogP contribution in [0.4, 0.5) is 0 Å². The first-order chi connectivity index (χ1) is 10.6. The van der Waals surface area contributed by atoms with Gasteiger partial charge in [-0.15, -0.1) is 0 Å². The highest BCUT2D eigenvalue weighted by molar-refractivity contribution is 5.70. The standard InChI is InChI=1S/C17H25NO4/c1-3-5-7-16-13-6-8-18(16)12-10-14(16)22-17(13,20)11(12)9-15(19)21-4-2/h5,7,11-14,20H,3-4,6,8-10H2,1-2H3/b7-5+. The zero-order chi connectivity index (χ0) is 15.5. The van der Waals surface area contributed by atoms with Crippen molar-refractivity contribution in [3.63, 3.8) is 0 Å². The summed E-state index contributed by atoms with van der Waals surface area (Å²) >= 11 is 0. The maximum atomic E-state index is 12.0. The van der Waals surface area contributed by atoms with Gasteiger partial charge in [0.05, 0.1) is 24.7 Å². The number of hydrogen-bond donors (Lipinski definition) is 1. The average Bonchev–Trinajstić information content (AvgIpc) is 3.02. The second-order valence-electron chi connectivity index (χ2n) is 7.01. The molecular weight excluding hydrogens is 282 g/mol. The van der Waals surface area contributed by atoms with Crippen molar-refractivity contribution in [2.45, 2.75) is 63.0 Å². The molecule has 5 saturated heterocycles. The predicted molar refractivity (Wildman–Crippen MR) is 79.9 cm³/mol. The number of piperidine rings is 1. The summed E-state index contributed by atoms with van der Waals surface area (Å²) < 4.78 is 11.2. The molecule has 0 aromatic heterocycles. The van der Waals surface area contributed by atoms with Gasteiger partial charge >= 0.3 is 5.97 Å². The smallest absolute Gasteiger partial charge is 0.306 e. The van der Waals surface area contributed by atoms with E-state index in [1.165, 1.54) is 0 Å². The molecule has 0 amide bonds. The summed E-state index contributed by atoms with van der Waals surface area (Å²) in [7, 11) is 0. The number of carbonyl (C=O) groups is 1. The van der Waals surface area contributed by atoms with Crippen molar-refractivity contribution >= 4 is 5.97 Å². The molecule has 0 aliphatic carbocycles. The van der Waals surface area contributed by atoms with E-state index in [1.807, 2.05) is 6.92 Å². The van der Waals surface area contributed by atoms with Crippen molar-refractivity contribution < 1.29 is 19.4 Å². The molecule has 5 rings (SSSR count). The van der Waals surface area contributed by atoms with E-state index < -0.39 is 5.79 Å². The Morgan fingerprint density at radius 1 is 1.50 bits per heavy atom. The molecule has 0 saturated carbocycles. The molecule has 22 heavy (non-hydrogen) atoms. The summed E-state index contributed by atoms with van der Waals surface area (Å²) in [6, 6.07) is 0.230. The second-order valence-corrected chi connectivity index (χ2v) is 7.01. The van der Waals surface area contributed by atoms with Crippen LogP contribution < -0.4 is 0 Å². The maximum Gasteiger partial charge on any atom is 0.306 e. The molecule has 5 heterocycles. The van der Waals surface area contributed by atoms with Crippen LogP contribution in [0.25, 0.3) is 0 Å². The largest absolute Gasteiger partial charge is 0.466 e. The molecule has 6 bridgehead atoms. The molecule has 7 atom stereocenters. The number of nitrogens with zero attached hydrogens (tertiary/aromatic N) is 1. The van der Waals surface area contributed by atoms with Crippen LogP contribution in [0.2, 0.25) is 0 Å². The summed E-state index contributed by atoms with van der Waals surface area (Å²) in [6.07, 6.45) is 7.63. The highest BCUT2D eigenvalue weighted by atomic mass is 16.6. The fourth-order valence-corrected chi connectivity index (χ4v) is 5.59. The van der Waals surface area contributed by atoms with Crippen LogP contribution in [0, 0.1) is 11.8 Å². The van der Waals surface area contributed by atoms with Gasteiger partial charge in [0, 0.05) is 17.9 Å². The van der Waals surface area contributed by atoms with E-state index in [0.29, 0.717) is 6.61 Å². The van der Waals surface area contributed by atoms with Crippen LogP contribution >= 0.6 is 0 Å². The third-order valence-corrected chi connectivity index (χ3v) is 6.22. The molecule has 5 fully saturated rings. The lowest BCUT2D eigenvalue weighted by atomic mass is 9.72. The van der Waals surface area contributed by atoms with Crippen molar-refractivity contribution in [1.29, 1.82) is 0 Å². The van der Waals surface area contributed by atoms with Gasteiger partial charge in [0.1, 0.15) is 0 Å². The fraction of sp³-hybridized carbons (Fsp3) is 0.824. The zero-order valence-corrected chi connectivity index (χ0v) is 13.3. The van der Waals surface area contributed by atoms with E-state index in [0.717, 1.165) is 25.8 Å². The van der Waals surface area contributed by atoms with Crippen molar-refractivity contribution in [1.82, 2.24) is 4.90 Å². The van der Waals surface area contributed by atoms with Gasteiger partial charge < -0.3 is 14.6 Å². The minimum absolute atomic E-state index is 0.0660. The first-order valence-corrected chi connectivity index (χ1v) is 8.58. The SMILES string of the molecule is CC/C=C/C12C3CC4C(CC(=O)OCC)C(O)(O3)C1CCN42. The number of carbonyl (C=O) groups excluding carboxylic acids is 1. The van der Waals surface area contributed by atoms with Crippen molar-refractivity contribution in [3.05, 3.63) is 12.2 Å². The van der Waals surface area contributed by atoms with E-state index in [9.17, 15) is 9.90 Å². The van der Waals surface area contributed by atoms with Gasteiger partial charge in [0.25, 0.3) is 0 Å². The lowest BCUT2D eigenvalue weighted by Gasteiger charge is -2.48. The van der Waals surface area contributed by atoms with Crippen molar-refractivity contribution in [2.24, 2.45) is 11.8 Å². The molecule has 5 aliphatic rings. The molecule has 5 nitrogen and oxygen atoms in total. The molecule has 0 spiro atoms. The monoisotopic (exact) mass is 307 g/mol. The predicted octanol–water partition coefficient (Wildman–Crippen LogP) is 1.46. The molecule has 5 heteroatoms. The van der Waals surface area contributed by atoms with Crippen LogP contribution in [-0.2, 0) is 14.3 Å². The highest BCUT2D eigenvalue weighted by Crippen LogP contribution is 2.67. The van der Waals surface area contributed by atoms with Crippen molar-refractivity contribution in [2.75, 3.05) is 13.2 Å². The summed E-state index contributed by atoms with van der Waals surface area (Å²) in [6.45, 7) is 5.31. The van der Waals surface area contributed by atoms with Crippen molar-refractivity contribution in [3.8, 4) is 0 Å². The molecule has 5 aliphatic heterocycles. The first kappa shape index (κ1) is 14.7. The third kappa shape index (κ3) is 1.57. The quantitative estimate of drug-likeness (QED) is 0.615. The van der Waals surface area contributed by atoms with Crippen LogP contribution in [0.3, 0.4) is 0 Å². The Morgan fingerprint density at radius 3 is 3.05 bits per heavy atom. The van der Waals surface area contributed by atoms with E-state index in [1.54, 1.807) is 0 Å². The van der Waals surface area contributed by atoms with Gasteiger partial charge in [-0.25, -0.2) is 0 Å². The molecule has 0 aromatic rings. The lowest BCUT2D eigenvalue weighted by Crippen LogP contribution is -2.61. The Morgan fingerprint density at radius 2 is 2.32 bits per heavy atom. The minimum atomic E-state index is -1.16. The number of rotatable bonds is 5. The minimum Gasteiger partial charge on any atom is -0.466 e. The van der Waals surface area contributed by atoms with E-state index in [2.05, 4.69) is 24.0 Å². The zero-order valence-electron chi connectivity index (χ0n) is 13.3. The number of aliphatic hydroxyl groups is 1. The molecule has 122 valence electrons. The van der Waals surface area contributed by atoms with E-state index in [4.69, 9.17) is 9.47 Å². The van der Waals surface area contributed by atoms with Gasteiger partial charge in [-0.3, -0.25) is 9.69 Å². The molecule has 0 aromatic carbocycles. The molecule has 1 N–H and O–H groups in total. The Labute approximate surface area is 131 Å². The Balaban J connectivity index is 1.67. The van der Waals surface area contributed by atoms with Crippen LogP contribution in [0.15, 0.2) is 12.2 Å². The van der Waals surface area contributed by atoms with Gasteiger partial charge in [-0.1, -0.05) is 19.1 Å². The fourth-order valence-electron chi connectivity index (χ4n) is 5.59. The molecule has 7 unspecified atom stereocenters. The topological polar surface area (TPSA) is 59.0 Å². The van der Waals surface area contributed by atoms with Crippen LogP contribution in [0.1, 0.15) is 39.5 Å². The second kappa shape index (κ2) is 4.79. The summed E-state index contributed by atoms with van der Waals surface area (Å²) in [4.78, 5) is 14.5. The lowest BCUT2D eigenvalue weighted by molar-refractivity contribution is -0.274. The highest BCUT2D eigenvalue weighted by Gasteiger charge is 2.79. The normalized spacial score (nSPS) is 51.1. The number of hydrogen-bond acceptors (Lipinski definition) is 5. The summed E-state index contributed by atoms with van der Waals surface area (Å²) in [5, 5.41) is 11.3. The van der Waals surface area contributed by atoms with Gasteiger partial charge in [-0.2, -0.15) is 0 Å². The van der Waals surface area contributed by atoms with Crippen LogP contribution in [-0.4, -0.2) is 52.6 Å². The molecular formula is C17H25NO4. The summed E-state index contributed by atoms with van der Waals surface area (Å²) in [5.74, 6) is -1.48. The number of esters is 1.